The minimum Gasteiger partial charge on any atom is -0.494 e. The average molecular weight is 438 g/mol. The third kappa shape index (κ3) is 6.24. The Labute approximate surface area is 189 Å². The lowest BCUT2D eigenvalue weighted by atomic mass is 10.1. The first kappa shape index (κ1) is 24.7. The predicted molar refractivity (Wildman–Crippen MR) is 123 cm³/mol. The van der Waals surface area contributed by atoms with E-state index in [0.717, 1.165) is 28.4 Å². The maximum atomic E-state index is 12.4. The number of aromatic nitrogens is 1. The highest BCUT2D eigenvalue weighted by Crippen LogP contribution is 2.24. The Bertz CT molecular complexity index is 1030. The van der Waals surface area contributed by atoms with Crippen LogP contribution in [0.2, 0.25) is 0 Å². The van der Waals surface area contributed by atoms with E-state index in [1.807, 2.05) is 82.5 Å². The minimum atomic E-state index is -0.828. The molecule has 170 valence electrons. The fraction of sp³-hybridized carbons (Fsp3) is 0.400. The lowest BCUT2D eigenvalue weighted by Crippen LogP contribution is -2.38. The molecule has 1 aromatic heterocycles. The molecule has 0 saturated heterocycles. The molecule has 1 unspecified atom stereocenters. The number of aryl methyl sites for hydroxylation is 1. The van der Waals surface area contributed by atoms with E-state index in [1.54, 1.807) is 0 Å². The lowest BCUT2D eigenvalue weighted by Gasteiger charge is -2.17. The molecule has 1 atom stereocenters. The topological polar surface area (TPSA) is 93.3 Å². The molecule has 32 heavy (non-hydrogen) atoms. The number of nitrogens with one attached hydrogen (secondary N) is 1. The Morgan fingerprint density at radius 1 is 1.19 bits per heavy atom. The molecule has 0 bridgehead atoms. The highest BCUT2D eigenvalue weighted by molar-refractivity contribution is 5.99. The number of benzene rings is 1. The molecule has 0 aliphatic carbocycles. The molecule has 7 heteroatoms. The van der Waals surface area contributed by atoms with E-state index in [0.29, 0.717) is 6.61 Å². The van der Waals surface area contributed by atoms with E-state index in [4.69, 9.17) is 9.47 Å². The van der Waals surface area contributed by atoms with Crippen molar-refractivity contribution in [1.82, 2.24) is 9.88 Å². The van der Waals surface area contributed by atoms with Crippen LogP contribution in [0.3, 0.4) is 0 Å². The summed E-state index contributed by atoms with van der Waals surface area (Å²) in [6, 6.07) is 11.4. The van der Waals surface area contributed by atoms with Gasteiger partial charge in [-0.25, -0.2) is 4.79 Å². The van der Waals surface area contributed by atoms with Crippen LogP contribution in [0.1, 0.15) is 44.6 Å². The number of hydrogen-bond donors (Lipinski definition) is 1. The maximum Gasteiger partial charge on any atom is 0.349 e. The summed E-state index contributed by atoms with van der Waals surface area (Å²) in [5, 5.41) is 12.2. The number of ether oxygens (including phenoxy) is 2. The van der Waals surface area contributed by atoms with Gasteiger partial charge in [0.15, 0.2) is 6.61 Å². The summed E-state index contributed by atoms with van der Waals surface area (Å²) in [6.07, 6.45) is 1.49. The summed E-state index contributed by atoms with van der Waals surface area (Å²) in [7, 11) is 0. The van der Waals surface area contributed by atoms with E-state index < -0.39 is 18.5 Å². The zero-order valence-electron chi connectivity index (χ0n) is 19.6. The summed E-state index contributed by atoms with van der Waals surface area (Å²) in [5.41, 5.74) is 3.32. The molecule has 1 aromatic carbocycles. The number of carbonyl (C=O) groups is 2. The maximum absolute atomic E-state index is 12.4. The summed E-state index contributed by atoms with van der Waals surface area (Å²) in [6.45, 7) is 11.8. The molecule has 0 aliphatic rings. The van der Waals surface area contributed by atoms with Crippen molar-refractivity contribution in [2.45, 2.75) is 47.6 Å². The summed E-state index contributed by atoms with van der Waals surface area (Å²) in [5.74, 6) is -0.175. The first-order valence-corrected chi connectivity index (χ1v) is 10.7. The largest absolute Gasteiger partial charge is 0.494 e. The molecule has 0 aliphatic heterocycles. The van der Waals surface area contributed by atoms with E-state index >= 15 is 0 Å². The fourth-order valence-electron chi connectivity index (χ4n) is 3.15. The quantitative estimate of drug-likeness (QED) is 0.362. The Balaban J connectivity index is 2.17. The highest BCUT2D eigenvalue weighted by atomic mass is 16.5. The van der Waals surface area contributed by atoms with Gasteiger partial charge in [0.25, 0.3) is 5.91 Å². The molecule has 2 aromatic rings. The molecule has 2 rings (SSSR count). The Kier molecular flexibility index (Phi) is 8.65. The number of hydrogen-bond acceptors (Lipinski definition) is 5. The second kappa shape index (κ2) is 11.2. The zero-order chi connectivity index (χ0) is 23.8. The van der Waals surface area contributed by atoms with Crippen molar-refractivity contribution in [3.63, 3.8) is 0 Å². The van der Waals surface area contributed by atoms with E-state index in [1.165, 1.54) is 6.08 Å². The van der Waals surface area contributed by atoms with Crippen molar-refractivity contribution in [2.24, 2.45) is 5.92 Å². The lowest BCUT2D eigenvalue weighted by molar-refractivity contribution is -0.144. The predicted octanol–water partition coefficient (Wildman–Crippen LogP) is 4.10. The van der Waals surface area contributed by atoms with E-state index in [9.17, 15) is 14.9 Å². The number of carbonyl (C=O) groups excluding carboxylic acids is 2. The smallest absolute Gasteiger partial charge is 0.349 e. The van der Waals surface area contributed by atoms with Crippen LogP contribution in [0.25, 0.3) is 11.8 Å². The molecule has 0 spiro atoms. The van der Waals surface area contributed by atoms with Gasteiger partial charge < -0.3 is 19.4 Å². The molecular formula is C25H31N3O4. The number of amides is 1. The van der Waals surface area contributed by atoms with Crippen LogP contribution in [0.4, 0.5) is 0 Å². The second-order valence-corrected chi connectivity index (χ2v) is 7.93. The van der Waals surface area contributed by atoms with Gasteiger partial charge in [0.05, 0.1) is 6.61 Å². The molecular weight excluding hydrogens is 406 g/mol. The second-order valence-electron chi connectivity index (χ2n) is 7.93. The molecule has 1 N–H and O–H groups in total. The molecule has 0 fully saturated rings. The number of esters is 1. The van der Waals surface area contributed by atoms with Gasteiger partial charge >= 0.3 is 5.97 Å². The first-order valence-electron chi connectivity index (χ1n) is 10.7. The zero-order valence-corrected chi connectivity index (χ0v) is 19.6. The van der Waals surface area contributed by atoms with Gasteiger partial charge in [-0.2, -0.15) is 5.26 Å². The van der Waals surface area contributed by atoms with Gasteiger partial charge in [0.2, 0.25) is 0 Å². The monoisotopic (exact) mass is 437 g/mol. The Morgan fingerprint density at radius 2 is 1.84 bits per heavy atom. The van der Waals surface area contributed by atoms with Gasteiger partial charge in [0, 0.05) is 23.1 Å². The number of rotatable bonds is 9. The summed E-state index contributed by atoms with van der Waals surface area (Å²) < 4.78 is 12.6. The van der Waals surface area contributed by atoms with Crippen LogP contribution in [-0.2, 0) is 14.3 Å². The molecule has 0 saturated carbocycles. The van der Waals surface area contributed by atoms with E-state index in [2.05, 4.69) is 5.32 Å². The Morgan fingerprint density at radius 3 is 2.41 bits per heavy atom. The van der Waals surface area contributed by atoms with Gasteiger partial charge in [-0.15, -0.1) is 0 Å². The van der Waals surface area contributed by atoms with Crippen LogP contribution in [0.5, 0.6) is 5.75 Å². The van der Waals surface area contributed by atoms with Gasteiger partial charge in [-0.3, -0.25) is 4.79 Å². The SMILES string of the molecule is CCOc1ccc(-n2c(C)cc(/C=C(\C#N)C(=O)OCC(=O)NC(C)C(C)C)c2C)cc1. The first-order chi connectivity index (χ1) is 15.2. The number of nitriles is 1. The number of nitrogens with zero attached hydrogens (tertiary/aromatic N) is 2. The molecule has 0 radical (unpaired) electrons. The normalized spacial score (nSPS) is 12.2. The van der Waals surface area contributed by atoms with Crippen LogP contribution < -0.4 is 10.1 Å². The van der Waals surface area contributed by atoms with Crippen LogP contribution >= 0.6 is 0 Å². The fourth-order valence-corrected chi connectivity index (χ4v) is 3.15. The van der Waals surface area contributed by atoms with Crippen molar-refractivity contribution in [1.29, 1.82) is 5.26 Å². The van der Waals surface area contributed by atoms with Gasteiger partial charge in [-0.1, -0.05) is 13.8 Å². The minimum absolute atomic E-state index is 0.0415. The van der Waals surface area contributed by atoms with Crippen molar-refractivity contribution < 1.29 is 19.1 Å². The summed E-state index contributed by atoms with van der Waals surface area (Å²) >= 11 is 0. The third-order valence-corrected chi connectivity index (χ3v) is 5.24. The molecule has 1 amide bonds. The van der Waals surface area contributed by atoms with Crippen LogP contribution in [0, 0.1) is 31.1 Å². The van der Waals surface area contributed by atoms with Crippen molar-refractivity contribution in [3.05, 3.63) is 52.9 Å². The van der Waals surface area contributed by atoms with Gasteiger partial charge in [0.1, 0.15) is 17.4 Å². The average Bonchev–Trinajstić information content (AvgIpc) is 3.03. The van der Waals surface area contributed by atoms with Crippen LogP contribution in [-0.4, -0.2) is 35.7 Å². The Hall–Kier alpha value is -3.53. The van der Waals surface area contributed by atoms with E-state index in [-0.39, 0.29) is 17.5 Å². The standard InChI is InChI=1S/C25H31N3O4/c1-7-31-23-10-8-22(9-11-23)28-17(4)12-20(19(28)6)13-21(14-26)25(30)32-15-24(29)27-18(5)16(2)3/h8-13,16,18H,7,15H2,1-6H3,(H,27,29)/b21-13+. The summed E-state index contributed by atoms with van der Waals surface area (Å²) in [4.78, 5) is 24.3. The van der Waals surface area contributed by atoms with Crippen molar-refractivity contribution in [2.75, 3.05) is 13.2 Å². The van der Waals surface area contributed by atoms with Crippen molar-refractivity contribution >= 4 is 18.0 Å². The van der Waals surface area contributed by atoms with Gasteiger partial charge in [-0.05, 0) is 75.6 Å². The molecule has 7 nitrogen and oxygen atoms in total. The highest BCUT2D eigenvalue weighted by Gasteiger charge is 2.17. The third-order valence-electron chi connectivity index (χ3n) is 5.24. The molecule has 1 heterocycles. The van der Waals surface area contributed by atoms with Crippen LogP contribution in [0.15, 0.2) is 35.9 Å². The van der Waals surface area contributed by atoms with Crippen molar-refractivity contribution in [3.8, 4) is 17.5 Å².